The lowest BCUT2D eigenvalue weighted by molar-refractivity contribution is -0.146. The Morgan fingerprint density at radius 2 is 1.93 bits per heavy atom. The number of amides is 1. The number of aliphatic carboxylic acids is 1. The molecule has 0 aromatic heterocycles. The molecule has 0 spiro atoms. The summed E-state index contributed by atoms with van der Waals surface area (Å²) in [7, 11) is 1.60. The van der Waals surface area contributed by atoms with Gasteiger partial charge in [-0.1, -0.05) is 0 Å². The number of hydrogen-bond acceptors (Lipinski definition) is 3. The Morgan fingerprint density at radius 3 is 2.40 bits per heavy atom. The van der Waals surface area contributed by atoms with Crippen LogP contribution in [0.15, 0.2) is 0 Å². The molecule has 0 aromatic carbocycles. The van der Waals surface area contributed by atoms with E-state index in [9.17, 15) is 9.59 Å². The zero-order valence-corrected chi connectivity index (χ0v) is 9.50. The average molecular weight is 217 g/mol. The van der Waals surface area contributed by atoms with E-state index in [1.807, 2.05) is 0 Å². The third-order valence-corrected chi connectivity index (χ3v) is 1.99. The summed E-state index contributed by atoms with van der Waals surface area (Å²) in [5, 5.41) is 11.2. The first-order valence-electron chi connectivity index (χ1n) is 4.93. The number of carbonyl (C=O) groups is 2. The van der Waals surface area contributed by atoms with Crippen LogP contribution in [0.1, 0.15) is 33.1 Å². The maximum atomic E-state index is 11.3. The van der Waals surface area contributed by atoms with Gasteiger partial charge in [0.25, 0.3) is 0 Å². The minimum atomic E-state index is -1.20. The molecule has 0 rings (SSSR count). The highest BCUT2D eigenvalue weighted by molar-refractivity contribution is 5.86. The number of unbranched alkanes of at least 4 members (excludes halogenated alkanes) is 1. The van der Waals surface area contributed by atoms with E-state index in [1.165, 1.54) is 13.8 Å². The molecule has 0 unspecified atom stereocenters. The molecule has 15 heavy (non-hydrogen) atoms. The number of carbonyl (C=O) groups excluding carboxylic acids is 1. The molecular weight excluding hydrogens is 198 g/mol. The maximum absolute atomic E-state index is 11.3. The molecule has 0 fully saturated rings. The molecule has 2 N–H and O–H groups in total. The number of hydrogen-bond donors (Lipinski definition) is 2. The Hall–Kier alpha value is -1.10. The van der Waals surface area contributed by atoms with E-state index >= 15 is 0 Å². The first kappa shape index (κ1) is 13.9. The van der Waals surface area contributed by atoms with Crippen LogP contribution in [0, 0.1) is 0 Å². The molecule has 0 aliphatic heterocycles. The highest BCUT2D eigenvalue weighted by atomic mass is 16.5. The summed E-state index contributed by atoms with van der Waals surface area (Å²) in [6.45, 7) is 3.54. The predicted molar refractivity (Wildman–Crippen MR) is 55.6 cm³/mol. The van der Waals surface area contributed by atoms with E-state index in [0.29, 0.717) is 19.4 Å². The maximum Gasteiger partial charge on any atom is 0.328 e. The second-order valence-electron chi connectivity index (χ2n) is 3.93. The van der Waals surface area contributed by atoms with Crippen LogP contribution in [0.25, 0.3) is 0 Å². The normalized spacial score (nSPS) is 11.1. The van der Waals surface area contributed by atoms with E-state index < -0.39 is 11.5 Å². The summed E-state index contributed by atoms with van der Waals surface area (Å²) in [5.41, 5.74) is -1.20. The second kappa shape index (κ2) is 6.40. The van der Waals surface area contributed by atoms with Crippen molar-refractivity contribution in [2.24, 2.45) is 0 Å². The van der Waals surface area contributed by atoms with Crippen LogP contribution in [0.2, 0.25) is 0 Å². The lowest BCUT2D eigenvalue weighted by Gasteiger charge is -2.20. The monoisotopic (exact) mass is 217 g/mol. The molecule has 0 aromatic rings. The first-order chi connectivity index (χ1) is 6.90. The van der Waals surface area contributed by atoms with Crippen molar-refractivity contribution in [3.05, 3.63) is 0 Å². The standard InChI is InChI=1S/C10H19NO4/c1-10(2,9(13)14)11-8(12)6-4-5-7-15-3/h4-7H2,1-3H3,(H,11,12)(H,13,14). The molecule has 1 amide bonds. The minimum absolute atomic E-state index is 0.237. The quantitative estimate of drug-likeness (QED) is 0.618. The zero-order valence-electron chi connectivity index (χ0n) is 9.50. The summed E-state index contributed by atoms with van der Waals surface area (Å²) < 4.78 is 4.84. The van der Waals surface area contributed by atoms with Crippen LogP contribution in [-0.2, 0) is 14.3 Å². The van der Waals surface area contributed by atoms with Gasteiger partial charge in [-0.25, -0.2) is 4.79 Å². The highest BCUT2D eigenvalue weighted by Gasteiger charge is 2.28. The van der Waals surface area contributed by atoms with Gasteiger partial charge in [0.05, 0.1) is 0 Å². The van der Waals surface area contributed by atoms with Crippen molar-refractivity contribution >= 4 is 11.9 Å². The number of rotatable bonds is 7. The van der Waals surface area contributed by atoms with Gasteiger partial charge in [-0.2, -0.15) is 0 Å². The van der Waals surface area contributed by atoms with Crippen LogP contribution in [0.3, 0.4) is 0 Å². The van der Waals surface area contributed by atoms with Crippen LogP contribution in [0.4, 0.5) is 0 Å². The summed E-state index contributed by atoms with van der Waals surface area (Å²) in [6, 6.07) is 0. The van der Waals surface area contributed by atoms with Crippen LogP contribution in [-0.4, -0.2) is 36.2 Å². The van der Waals surface area contributed by atoms with E-state index in [4.69, 9.17) is 9.84 Å². The molecule has 0 aliphatic carbocycles. The highest BCUT2D eigenvalue weighted by Crippen LogP contribution is 2.04. The van der Waals surface area contributed by atoms with Crippen molar-refractivity contribution in [3.8, 4) is 0 Å². The van der Waals surface area contributed by atoms with Crippen molar-refractivity contribution in [3.63, 3.8) is 0 Å². The Labute approximate surface area is 89.8 Å². The van der Waals surface area contributed by atoms with Crippen molar-refractivity contribution in [1.82, 2.24) is 5.32 Å². The van der Waals surface area contributed by atoms with Gasteiger partial charge in [0.15, 0.2) is 0 Å². The van der Waals surface area contributed by atoms with E-state index in [2.05, 4.69) is 5.32 Å². The molecule has 88 valence electrons. The largest absolute Gasteiger partial charge is 0.480 e. The van der Waals surface area contributed by atoms with Crippen LogP contribution in [0.5, 0.6) is 0 Å². The van der Waals surface area contributed by atoms with E-state index in [0.717, 1.165) is 6.42 Å². The Bertz CT molecular complexity index is 225. The molecule has 5 nitrogen and oxygen atoms in total. The van der Waals surface area contributed by atoms with Crippen LogP contribution < -0.4 is 5.32 Å². The predicted octanol–water partition coefficient (Wildman–Crippen LogP) is 0.782. The smallest absolute Gasteiger partial charge is 0.328 e. The van der Waals surface area contributed by atoms with Crippen molar-refractivity contribution in [1.29, 1.82) is 0 Å². The summed E-state index contributed by atoms with van der Waals surface area (Å²) >= 11 is 0. The third kappa shape index (κ3) is 6.06. The molecule has 0 aliphatic rings. The summed E-state index contributed by atoms with van der Waals surface area (Å²) in [4.78, 5) is 22.0. The van der Waals surface area contributed by atoms with E-state index in [-0.39, 0.29) is 5.91 Å². The van der Waals surface area contributed by atoms with Crippen molar-refractivity contribution < 1.29 is 19.4 Å². The molecule has 0 atom stereocenters. The fourth-order valence-electron chi connectivity index (χ4n) is 0.996. The molecular formula is C10H19NO4. The second-order valence-corrected chi connectivity index (χ2v) is 3.93. The first-order valence-corrected chi connectivity index (χ1v) is 4.93. The van der Waals surface area contributed by atoms with Gasteiger partial charge in [-0.15, -0.1) is 0 Å². The zero-order chi connectivity index (χ0) is 11.9. The van der Waals surface area contributed by atoms with Crippen LogP contribution >= 0.6 is 0 Å². The third-order valence-electron chi connectivity index (χ3n) is 1.99. The summed E-state index contributed by atoms with van der Waals surface area (Å²) in [5.74, 6) is -1.27. The number of methoxy groups -OCH3 is 1. The topological polar surface area (TPSA) is 75.6 Å². The van der Waals surface area contributed by atoms with E-state index in [1.54, 1.807) is 7.11 Å². The Morgan fingerprint density at radius 1 is 1.33 bits per heavy atom. The fourth-order valence-corrected chi connectivity index (χ4v) is 0.996. The molecule has 5 heteroatoms. The SMILES string of the molecule is COCCCCC(=O)NC(C)(C)C(=O)O. The fraction of sp³-hybridized carbons (Fsp3) is 0.800. The number of ether oxygens (including phenoxy) is 1. The minimum Gasteiger partial charge on any atom is -0.480 e. The lowest BCUT2D eigenvalue weighted by atomic mass is 10.1. The molecule has 0 saturated carbocycles. The van der Waals surface area contributed by atoms with Crippen molar-refractivity contribution in [2.75, 3.05) is 13.7 Å². The van der Waals surface area contributed by atoms with Crippen molar-refractivity contribution in [2.45, 2.75) is 38.6 Å². The van der Waals surface area contributed by atoms with Gasteiger partial charge >= 0.3 is 5.97 Å². The molecule has 0 bridgehead atoms. The van der Waals surface area contributed by atoms with Gasteiger partial charge < -0.3 is 15.2 Å². The molecule has 0 radical (unpaired) electrons. The number of carboxylic acid groups (broad SMARTS) is 1. The molecule has 0 saturated heterocycles. The number of nitrogens with one attached hydrogen (secondary N) is 1. The average Bonchev–Trinajstić information content (AvgIpc) is 2.11. The molecule has 0 heterocycles. The lowest BCUT2D eigenvalue weighted by Crippen LogP contribution is -2.49. The Kier molecular flexibility index (Phi) is 5.93. The summed E-state index contributed by atoms with van der Waals surface area (Å²) in [6.07, 6.45) is 1.84. The van der Waals surface area contributed by atoms with Gasteiger partial charge in [0, 0.05) is 20.1 Å². The van der Waals surface area contributed by atoms with Gasteiger partial charge in [-0.3, -0.25) is 4.79 Å². The van der Waals surface area contributed by atoms with Gasteiger partial charge in [0.1, 0.15) is 5.54 Å². The Balaban J connectivity index is 3.79. The van der Waals surface area contributed by atoms with Gasteiger partial charge in [0.2, 0.25) is 5.91 Å². The number of carboxylic acids is 1. The van der Waals surface area contributed by atoms with Gasteiger partial charge in [-0.05, 0) is 26.7 Å².